The molecule has 1 aliphatic heterocycles. The standard InChI is InChI=1S/C68H92N20O14/c1-36(2)25-50(60(95)83-54(30-55(69)92)63(98)81-52(27-41-31-75-47-12-9-8-11-45(41)47)64(99)84-57(37(3)4)66(101)85-58(38(5)89)65(100)72-7)79-61(96)51(26-40-14-17-44(91)18-15-40)80-62(97)53(28-42-32-73-34-76-42)82-59(94)49(13-10-20-74-68(70)71)78-56(93)33-88-35-77-48-19-16-43(29-46(48)67(88)102)87-23-21-86(22-24-87)39(6)90/h8-9,11-12,14-19,29,31-32,34-38,49-54,57-58,75,89,91H,10,13,20-28,30,33H2,1-7H3,(H2,69,92)(H,72,100)(H,73,76)(H,78,93)(H,79,96)(H,80,97)(H,81,98)(H,82,94)(H,83,95)(H,84,99)(H,85,101)(H4,70,71,74)/t38-,49+,50?,51+,52?,53?,54+,57+,58+/m1/s1. The number of aliphatic hydroxyl groups excluding tert-OH is 1. The average Bonchev–Trinajstić information content (AvgIpc) is 0.866. The Labute approximate surface area is 587 Å². The fourth-order valence-corrected chi connectivity index (χ4v) is 11.6. The van der Waals surface area contributed by atoms with Crippen LogP contribution in [0, 0.1) is 17.2 Å². The molecule has 0 bridgehead atoms. The van der Waals surface area contributed by atoms with Crippen molar-refractivity contribution in [3.63, 3.8) is 0 Å². The van der Waals surface area contributed by atoms with E-state index < -0.39 is 138 Å². The van der Waals surface area contributed by atoms with Crippen LogP contribution in [0.1, 0.15) is 84.0 Å². The molecule has 0 aliphatic carbocycles. The second-order valence-electron chi connectivity index (χ2n) is 25.9. The van der Waals surface area contributed by atoms with Crippen LogP contribution in [0.2, 0.25) is 0 Å². The number of hydrogen-bond acceptors (Lipinski definition) is 18. The van der Waals surface area contributed by atoms with Crippen LogP contribution >= 0.6 is 0 Å². The molecule has 1 aliphatic rings. The molecule has 11 amide bonds. The molecule has 4 heterocycles. The molecule has 0 saturated carbocycles. The van der Waals surface area contributed by atoms with Crippen LogP contribution in [0.5, 0.6) is 5.75 Å². The molecule has 1 saturated heterocycles. The number of likely N-dealkylation sites (N-methyl/N-ethyl adjacent to an activating group) is 1. The van der Waals surface area contributed by atoms with E-state index in [1.165, 1.54) is 64.0 Å². The molecule has 9 atom stereocenters. The summed E-state index contributed by atoms with van der Waals surface area (Å²) in [6.07, 6.45) is 2.57. The Morgan fingerprint density at radius 3 is 1.85 bits per heavy atom. The number of aromatic amines is 2. The highest BCUT2D eigenvalue weighted by atomic mass is 16.3. The van der Waals surface area contributed by atoms with E-state index in [-0.39, 0.29) is 79.7 Å². The average molecular weight is 1410 g/mol. The van der Waals surface area contributed by atoms with E-state index in [9.17, 15) is 67.7 Å². The highest BCUT2D eigenvalue weighted by Gasteiger charge is 2.38. The molecule has 7 rings (SSSR count). The largest absolute Gasteiger partial charge is 0.508 e. The van der Waals surface area contributed by atoms with E-state index in [0.29, 0.717) is 59.4 Å². The Balaban J connectivity index is 1.12. The van der Waals surface area contributed by atoms with Crippen molar-refractivity contribution in [3.05, 3.63) is 119 Å². The third-order valence-corrected chi connectivity index (χ3v) is 17.1. The molecule has 3 aromatic carbocycles. The van der Waals surface area contributed by atoms with Crippen molar-refractivity contribution in [1.82, 2.24) is 82.6 Å². The summed E-state index contributed by atoms with van der Waals surface area (Å²) in [6, 6.07) is 5.77. The minimum Gasteiger partial charge on any atom is -0.508 e. The number of aromatic hydroxyl groups is 1. The van der Waals surface area contributed by atoms with Crippen molar-refractivity contribution in [2.75, 3.05) is 44.7 Å². The fraction of sp³-hybridized carbons (Fsp3) is 0.456. The SMILES string of the molecule is CNC(=O)[C@@H](NC(=O)[C@@H](NC(=O)C(Cc1c[nH]c2ccccc12)NC(=O)[C@H](CC(N)=O)NC(=O)C(CC(C)C)NC(=O)[C@H](Cc1ccc(O)cc1)NC(=O)C(Cc1c[nH]cn1)NC(=O)[C@H](CCCNC(=N)N)NC(=O)Cn1cnc2ccc(N3CCN(C(C)=O)CC3)cc2c1=O)C(C)C)[C@@H](C)O. The van der Waals surface area contributed by atoms with Gasteiger partial charge in [-0.1, -0.05) is 58.0 Å². The number of carbonyl (C=O) groups excluding carboxylic acids is 11. The number of hydrogen-bond donors (Lipinski definition) is 17. The van der Waals surface area contributed by atoms with E-state index in [0.717, 1.165) is 4.57 Å². The zero-order valence-electron chi connectivity index (χ0n) is 57.9. The maximum absolute atomic E-state index is 14.9. The fourth-order valence-electron chi connectivity index (χ4n) is 11.6. The number of piperazine rings is 1. The molecule has 1 fully saturated rings. The number of amides is 11. The monoisotopic (exact) mass is 1410 g/mol. The lowest BCUT2D eigenvalue weighted by atomic mass is 9.99. The summed E-state index contributed by atoms with van der Waals surface area (Å²) in [7, 11) is 1.31. The zero-order valence-corrected chi connectivity index (χ0v) is 57.9. The third kappa shape index (κ3) is 22.3. The molecule has 34 heteroatoms. The summed E-state index contributed by atoms with van der Waals surface area (Å²) in [4.78, 5) is 186. The van der Waals surface area contributed by atoms with Gasteiger partial charge in [0.05, 0.1) is 41.8 Å². The van der Waals surface area contributed by atoms with Gasteiger partial charge in [0, 0.05) is 94.9 Å². The molecule has 19 N–H and O–H groups in total. The number of nitrogens with zero attached hydrogens (tertiary/aromatic N) is 5. The minimum atomic E-state index is -1.80. The second-order valence-corrected chi connectivity index (χ2v) is 25.9. The first-order valence-corrected chi connectivity index (χ1v) is 33.5. The molecule has 0 spiro atoms. The van der Waals surface area contributed by atoms with Crippen molar-refractivity contribution >= 4 is 98.4 Å². The highest BCUT2D eigenvalue weighted by Crippen LogP contribution is 2.23. The number of nitrogens with one attached hydrogen (secondary N) is 13. The Hall–Kier alpha value is -11.5. The number of primary amides is 1. The summed E-state index contributed by atoms with van der Waals surface area (Å²) in [5.74, 6) is -10.7. The van der Waals surface area contributed by atoms with Gasteiger partial charge >= 0.3 is 0 Å². The van der Waals surface area contributed by atoms with Gasteiger partial charge in [0.25, 0.3) is 5.56 Å². The molecule has 3 aromatic heterocycles. The number of phenols is 1. The molecular formula is C68H92N20O14. The molecule has 548 valence electrons. The normalized spacial score (nSPS) is 14.9. The minimum absolute atomic E-state index is 0.0419. The van der Waals surface area contributed by atoms with E-state index in [1.54, 1.807) is 75.2 Å². The number of anilines is 1. The zero-order chi connectivity index (χ0) is 74.5. The summed E-state index contributed by atoms with van der Waals surface area (Å²) in [5, 5.41) is 55.2. The van der Waals surface area contributed by atoms with Crippen LogP contribution in [0.3, 0.4) is 0 Å². The quantitative estimate of drug-likeness (QED) is 0.0112. The van der Waals surface area contributed by atoms with Gasteiger partial charge in [0.2, 0.25) is 65.0 Å². The van der Waals surface area contributed by atoms with Gasteiger partial charge in [-0.25, -0.2) is 9.97 Å². The van der Waals surface area contributed by atoms with Crippen molar-refractivity contribution in [3.8, 4) is 5.75 Å². The Bertz CT molecular complexity index is 4040. The lowest BCUT2D eigenvalue weighted by molar-refractivity contribution is -0.137. The summed E-state index contributed by atoms with van der Waals surface area (Å²) in [5.41, 5.74) is 13.6. The smallest absolute Gasteiger partial charge is 0.261 e. The predicted molar refractivity (Wildman–Crippen MR) is 375 cm³/mol. The highest BCUT2D eigenvalue weighted by molar-refractivity contribution is 6.00. The van der Waals surface area contributed by atoms with Gasteiger partial charge in [-0.05, 0) is 85.5 Å². The van der Waals surface area contributed by atoms with E-state index in [2.05, 4.69) is 73.1 Å². The molecule has 3 unspecified atom stereocenters. The molecule has 0 radical (unpaired) electrons. The first-order valence-electron chi connectivity index (χ1n) is 33.5. The van der Waals surface area contributed by atoms with Crippen LogP contribution in [-0.2, 0) is 78.5 Å². The lowest BCUT2D eigenvalue weighted by Gasteiger charge is -2.35. The summed E-state index contributed by atoms with van der Waals surface area (Å²) < 4.78 is 1.08. The van der Waals surface area contributed by atoms with E-state index in [1.807, 2.05) is 11.0 Å². The lowest BCUT2D eigenvalue weighted by Crippen LogP contribution is -2.62. The number of fused-ring (bicyclic) bond motifs is 2. The number of aliphatic hydroxyl groups is 1. The van der Waals surface area contributed by atoms with Gasteiger partial charge < -0.3 is 94.6 Å². The number of phenolic OH excluding ortho intramolecular Hbond substituents is 1. The first kappa shape index (κ1) is 77.9. The van der Waals surface area contributed by atoms with Gasteiger partial charge in [0.1, 0.15) is 60.6 Å². The van der Waals surface area contributed by atoms with Crippen molar-refractivity contribution in [2.24, 2.45) is 23.3 Å². The molecule has 102 heavy (non-hydrogen) atoms. The Morgan fingerprint density at radius 2 is 1.25 bits per heavy atom. The van der Waals surface area contributed by atoms with Gasteiger partial charge in [-0.2, -0.15) is 0 Å². The number of rotatable bonds is 35. The van der Waals surface area contributed by atoms with Crippen LogP contribution in [-0.4, -0.2) is 205 Å². The van der Waals surface area contributed by atoms with Crippen LogP contribution in [0.4, 0.5) is 5.69 Å². The van der Waals surface area contributed by atoms with Gasteiger partial charge in [0.15, 0.2) is 5.96 Å². The molecular weight excluding hydrogens is 1320 g/mol. The first-order chi connectivity index (χ1) is 48.5. The number of para-hydroxylation sites is 1. The van der Waals surface area contributed by atoms with Gasteiger partial charge in [-0.15, -0.1) is 0 Å². The summed E-state index contributed by atoms with van der Waals surface area (Å²) >= 11 is 0. The van der Waals surface area contributed by atoms with Gasteiger partial charge in [-0.3, -0.25) is 67.5 Å². The van der Waals surface area contributed by atoms with Crippen LogP contribution in [0.25, 0.3) is 21.8 Å². The molecule has 6 aromatic rings. The maximum atomic E-state index is 14.9. The van der Waals surface area contributed by atoms with E-state index in [4.69, 9.17) is 16.9 Å². The number of guanidine groups is 1. The number of aromatic nitrogens is 5. The number of carbonyl (C=O) groups is 11. The summed E-state index contributed by atoms with van der Waals surface area (Å²) in [6.45, 7) is 11.0. The number of nitrogens with two attached hydrogens (primary N) is 2. The predicted octanol–water partition coefficient (Wildman–Crippen LogP) is -2.45. The third-order valence-electron chi connectivity index (χ3n) is 17.1. The Kier molecular flexibility index (Phi) is 27.9. The van der Waals surface area contributed by atoms with Crippen molar-refractivity contribution in [2.45, 2.75) is 147 Å². The van der Waals surface area contributed by atoms with E-state index >= 15 is 0 Å². The van der Waals surface area contributed by atoms with Crippen LogP contribution < -0.4 is 75.1 Å². The number of imidazole rings is 1. The number of benzene rings is 3. The van der Waals surface area contributed by atoms with Crippen LogP contribution in [0.15, 0.2) is 96.6 Å². The second kappa shape index (κ2) is 36.6. The number of H-pyrrole nitrogens is 2. The van der Waals surface area contributed by atoms with Crippen molar-refractivity contribution in [1.29, 1.82) is 5.41 Å². The molecule has 34 nitrogen and oxygen atoms in total. The Morgan fingerprint density at radius 1 is 0.647 bits per heavy atom. The van der Waals surface area contributed by atoms with Crippen molar-refractivity contribution < 1.29 is 63.0 Å². The maximum Gasteiger partial charge on any atom is 0.261 e. The topological polar surface area (TPSA) is 510 Å².